The first kappa shape index (κ1) is 11.9. The molecular weight excluding hydrogens is 236 g/mol. The first-order chi connectivity index (χ1) is 9.34. The van der Waals surface area contributed by atoms with Gasteiger partial charge in [0.05, 0.1) is 0 Å². The van der Waals surface area contributed by atoms with Gasteiger partial charge in [0.1, 0.15) is 5.65 Å². The smallest absolute Gasteiger partial charge is 0.137 e. The van der Waals surface area contributed by atoms with Crippen LogP contribution in [0.15, 0.2) is 49.1 Å². The zero-order chi connectivity index (χ0) is 13.1. The summed E-state index contributed by atoms with van der Waals surface area (Å²) in [6.45, 7) is 2.97. The van der Waals surface area contributed by atoms with Crippen LogP contribution in [-0.2, 0) is 6.54 Å². The van der Waals surface area contributed by atoms with Crippen LogP contribution >= 0.6 is 0 Å². The van der Waals surface area contributed by atoms with E-state index in [1.807, 2.05) is 36.8 Å². The monoisotopic (exact) mass is 252 g/mol. The summed E-state index contributed by atoms with van der Waals surface area (Å²) in [4.78, 5) is 11.5. The van der Waals surface area contributed by atoms with E-state index in [0.29, 0.717) is 6.04 Å². The van der Waals surface area contributed by atoms with Crippen molar-refractivity contribution in [3.05, 3.63) is 60.2 Å². The molecule has 1 atom stereocenters. The molecule has 19 heavy (non-hydrogen) atoms. The van der Waals surface area contributed by atoms with E-state index in [1.54, 1.807) is 6.20 Å². The Labute approximate surface area is 111 Å². The minimum absolute atomic E-state index is 0.296. The van der Waals surface area contributed by atoms with Crippen molar-refractivity contribution < 1.29 is 0 Å². The van der Waals surface area contributed by atoms with Crippen LogP contribution in [0.3, 0.4) is 0 Å². The Morgan fingerprint density at radius 1 is 1.21 bits per heavy atom. The standard InChI is InChI=1S/C15H16N4/c1-11(12-4-7-16-8-5-12)18-9-13-10-19-15-14(13)3-2-6-17-15/h2-8,10-11,18H,9H2,1H3,(H,17,19)/t11-/m0/s1. The fourth-order valence-electron chi connectivity index (χ4n) is 2.19. The van der Waals surface area contributed by atoms with E-state index in [2.05, 4.69) is 33.3 Å². The molecule has 0 spiro atoms. The minimum Gasteiger partial charge on any atom is -0.346 e. The highest BCUT2D eigenvalue weighted by Crippen LogP contribution is 2.17. The molecule has 4 heteroatoms. The van der Waals surface area contributed by atoms with Crippen molar-refractivity contribution in [2.45, 2.75) is 19.5 Å². The normalized spacial score (nSPS) is 12.7. The molecule has 0 radical (unpaired) electrons. The van der Waals surface area contributed by atoms with Crippen molar-refractivity contribution in [1.82, 2.24) is 20.3 Å². The summed E-state index contributed by atoms with van der Waals surface area (Å²) in [5.41, 5.74) is 3.42. The van der Waals surface area contributed by atoms with Gasteiger partial charge in [-0.1, -0.05) is 0 Å². The summed E-state index contributed by atoms with van der Waals surface area (Å²) in [6.07, 6.45) is 7.46. The number of aromatic amines is 1. The zero-order valence-corrected chi connectivity index (χ0v) is 10.8. The highest BCUT2D eigenvalue weighted by molar-refractivity contribution is 5.79. The highest BCUT2D eigenvalue weighted by Gasteiger charge is 2.07. The van der Waals surface area contributed by atoms with Gasteiger partial charge in [-0.05, 0) is 42.3 Å². The number of fused-ring (bicyclic) bond motifs is 1. The summed E-state index contributed by atoms with van der Waals surface area (Å²) in [5, 5.41) is 4.70. The maximum Gasteiger partial charge on any atom is 0.137 e. The lowest BCUT2D eigenvalue weighted by molar-refractivity contribution is 0.576. The van der Waals surface area contributed by atoms with E-state index in [-0.39, 0.29) is 0 Å². The van der Waals surface area contributed by atoms with Crippen molar-refractivity contribution in [1.29, 1.82) is 0 Å². The number of hydrogen-bond donors (Lipinski definition) is 2. The zero-order valence-electron chi connectivity index (χ0n) is 10.8. The van der Waals surface area contributed by atoms with Gasteiger partial charge in [-0.2, -0.15) is 0 Å². The average Bonchev–Trinajstić information content (AvgIpc) is 2.89. The molecule has 96 valence electrons. The van der Waals surface area contributed by atoms with Gasteiger partial charge in [-0.25, -0.2) is 4.98 Å². The maximum absolute atomic E-state index is 4.30. The van der Waals surface area contributed by atoms with E-state index in [0.717, 1.165) is 12.2 Å². The highest BCUT2D eigenvalue weighted by atomic mass is 14.9. The number of pyridine rings is 2. The predicted octanol–water partition coefficient (Wildman–Crippen LogP) is 2.81. The molecule has 3 aromatic rings. The van der Waals surface area contributed by atoms with Crippen molar-refractivity contribution in [2.75, 3.05) is 0 Å². The summed E-state index contributed by atoms with van der Waals surface area (Å²) >= 11 is 0. The first-order valence-electron chi connectivity index (χ1n) is 6.39. The van der Waals surface area contributed by atoms with Gasteiger partial charge in [0.15, 0.2) is 0 Å². The lowest BCUT2D eigenvalue weighted by Gasteiger charge is -2.13. The molecule has 0 unspecified atom stereocenters. The van der Waals surface area contributed by atoms with Crippen LogP contribution in [0.2, 0.25) is 0 Å². The van der Waals surface area contributed by atoms with E-state index >= 15 is 0 Å². The Bertz CT molecular complexity index is 660. The molecule has 0 aliphatic rings. The SMILES string of the molecule is C[C@H](NCc1c[nH]c2ncccc12)c1ccncc1. The molecule has 0 saturated heterocycles. The quantitative estimate of drug-likeness (QED) is 0.750. The summed E-state index contributed by atoms with van der Waals surface area (Å²) in [5.74, 6) is 0. The third kappa shape index (κ3) is 2.48. The number of H-pyrrole nitrogens is 1. The predicted molar refractivity (Wildman–Crippen MR) is 75.6 cm³/mol. The van der Waals surface area contributed by atoms with Crippen LogP contribution in [-0.4, -0.2) is 15.0 Å². The van der Waals surface area contributed by atoms with E-state index in [1.165, 1.54) is 16.5 Å². The van der Waals surface area contributed by atoms with Crippen LogP contribution in [0.25, 0.3) is 11.0 Å². The molecular formula is C15H16N4. The lowest BCUT2D eigenvalue weighted by Crippen LogP contribution is -2.17. The van der Waals surface area contributed by atoms with Crippen LogP contribution in [0, 0.1) is 0 Å². The Morgan fingerprint density at radius 3 is 2.89 bits per heavy atom. The van der Waals surface area contributed by atoms with Crippen LogP contribution in [0.1, 0.15) is 24.1 Å². The molecule has 2 N–H and O–H groups in total. The fourth-order valence-corrected chi connectivity index (χ4v) is 2.19. The first-order valence-corrected chi connectivity index (χ1v) is 6.39. The maximum atomic E-state index is 4.30. The Kier molecular flexibility index (Phi) is 3.25. The number of hydrogen-bond acceptors (Lipinski definition) is 3. The van der Waals surface area contributed by atoms with E-state index in [4.69, 9.17) is 0 Å². The molecule has 3 aromatic heterocycles. The molecule has 4 nitrogen and oxygen atoms in total. The largest absolute Gasteiger partial charge is 0.346 e. The van der Waals surface area contributed by atoms with Gasteiger partial charge in [0.25, 0.3) is 0 Å². The van der Waals surface area contributed by atoms with Gasteiger partial charge < -0.3 is 10.3 Å². The van der Waals surface area contributed by atoms with Gasteiger partial charge in [0, 0.05) is 42.8 Å². The summed E-state index contributed by atoms with van der Waals surface area (Å²) in [6, 6.07) is 8.42. The van der Waals surface area contributed by atoms with Crippen molar-refractivity contribution in [3.8, 4) is 0 Å². The lowest BCUT2D eigenvalue weighted by atomic mass is 10.1. The topological polar surface area (TPSA) is 53.6 Å². The Balaban J connectivity index is 1.73. The van der Waals surface area contributed by atoms with Crippen LogP contribution < -0.4 is 5.32 Å². The number of rotatable bonds is 4. The molecule has 0 amide bonds. The Hall–Kier alpha value is -2.20. The van der Waals surface area contributed by atoms with Gasteiger partial charge >= 0.3 is 0 Å². The van der Waals surface area contributed by atoms with Gasteiger partial charge in [-0.15, -0.1) is 0 Å². The molecule has 0 aliphatic heterocycles. The second-order valence-electron chi connectivity index (χ2n) is 4.60. The number of nitrogens with zero attached hydrogens (tertiary/aromatic N) is 2. The minimum atomic E-state index is 0.296. The number of nitrogens with one attached hydrogen (secondary N) is 2. The molecule has 3 heterocycles. The van der Waals surface area contributed by atoms with Crippen molar-refractivity contribution in [2.24, 2.45) is 0 Å². The van der Waals surface area contributed by atoms with Crippen molar-refractivity contribution in [3.63, 3.8) is 0 Å². The molecule has 3 rings (SSSR count). The van der Waals surface area contributed by atoms with Gasteiger partial charge in [0.2, 0.25) is 0 Å². The van der Waals surface area contributed by atoms with Crippen LogP contribution in [0.4, 0.5) is 0 Å². The third-order valence-electron chi connectivity index (χ3n) is 3.34. The van der Waals surface area contributed by atoms with E-state index < -0.39 is 0 Å². The Morgan fingerprint density at radius 2 is 2.05 bits per heavy atom. The molecule has 0 saturated carbocycles. The molecule has 0 fully saturated rings. The molecule has 0 bridgehead atoms. The van der Waals surface area contributed by atoms with Crippen molar-refractivity contribution >= 4 is 11.0 Å². The summed E-state index contributed by atoms with van der Waals surface area (Å²) in [7, 11) is 0. The van der Waals surface area contributed by atoms with E-state index in [9.17, 15) is 0 Å². The molecule has 0 aromatic carbocycles. The van der Waals surface area contributed by atoms with Crippen LogP contribution in [0.5, 0.6) is 0 Å². The average molecular weight is 252 g/mol. The fraction of sp³-hybridized carbons (Fsp3) is 0.200. The third-order valence-corrected chi connectivity index (χ3v) is 3.34. The second-order valence-corrected chi connectivity index (χ2v) is 4.60. The second kappa shape index (κ2) is 5.20. The molecule has 0 aliphatic carbocycles. The summed E-state index contributed by atoms with van der Waals surface area (Å²) < 4.78 is 0. The van der Waals surface area contributed by atoms with Gasteiger partial charge in [-0.3, -0.25) is 4.98 Å². The number of aromatic nitrogens is 3.